The maximum Gasteiger partial charge on any atom is 0.340 e. The van der Waals surface area contributed by atoms with Crippen LogP contribution < -0.4 is 5.73 Å². The molecule has 0 spiro atoms. The van der Waals surface area contributed by atoms with Crippen LogP contribution in [0.4, 0.5) is 0 Å². The second-order valence-corrected chi connectivity index (χ2v) is 4.91. The molecule has 2 N–H and O–H groups in total. The van der Waals surface area contributed by atoms with E-state index < -0.39 is 5.91 Å². The van der Waals surface area contributed by atoms with Crippen molar-refractivity contribution in [1.29, 1.82) is 0 Å². The summed E-state index contributed by atoms with van der Waals surface area (Å²) in [5.41, 5.74) is 6.82. The Morgan fingerprint density at radius 3 is 1.92 bits per heavy atom. The maximum atomic E-state index is 11.6. The number of primary amides is 1. The van der Waals surface area contributed by atoms with Gasteiger partial charge in [0.05, 0.1) is 11.1 Å². The minimum atomic E-state index is -0.442. The van der Waals surface area contributed by atoms with Crippen LogP contribution in [0.5, 0.6) is 0 Å². The highest BCUT2D eigenvalue weighted by atomic mass is 16.5. The minimum Gasteiger partial charge on any atom is -0.457 e. The van der Waals surface area contributed by atoms with Gasteiger partial charge in [-0.1, -0.05) is 30.3 Å². The molecule has 3 aromatic rings. The number of aromatic nitrogens is 2. The highest BCUT2D eigenvalue weighted by Crippen LogP contribution is 2.04. The number of rotatable bonds is 4. The molecule has 1 aromatic carbocycles. The van der Waals surface area contributed by atoms with Gasteiger partial charge >= 0.3 is 5.97 Å². The number of ether oxygens (including phenoxy) is 1. The first-order chi connectivity index (χ1) is 12.2. The Morgan fingerprint density at radius 1 is 0.840 bits per heavy atom. The Kier molecular flexibility index (Phi) is 6.81. The van der Waals surface area contributed by atoms with E-state index >= 15 is 0 Å². The fourth-order valence-electron chi connectivity index (χ4n) is 1.80. The van der Waals surface area contributed by atoms with E-state index in [9.17, 15) is 9.59 Å². The number of pyridine rings is 2. The van der Waals surface area contributed by atoms with Gasteiger partial charge in [0.25, 0.3) is 0 Å². The fraction of sp³-hybridized carbons (Fsp3) is 0.0526. The largest absolute Gasteiger partial charge is 0.457 e. The van der Waals surface area contributed by atoms with E-state index in [0.717, 1.165) is 5.56 Å². The maximum absolute atomic E-state index is 11.6. The molecule has 0 saturated heterocycles. The van der Waals surface area contributed by atoms with Crippen molar-refractivity contribution in [2.75, 3.05) is 0 Å². The van der Waals surface area contributed by atoms with Gasteiger partial charge < -0.3 is 10.5 Å². The molecule has 2 heterocycles. The van der Waals surface area contributed by atoms with Crippen LogP contribution in [0.1, 0.15) is 26.3 Å². The predicted octanol–water partition coefficient (Wildman–Crippen LogP) is 2.62. The summed E-state index contributed by atoms with van der Waals surface area (Å²) in [6.07, 6.45) is 6.13. The van der Waals surface area contributed by atoms with E-state index in [1.807, 2.05) is 30.3 Å². The second-order valence-electron chi connectivity index (χ2n) is 4.91. The zero-order chi connectivity index (χ0) is 17.9. The van der Waals surface area contributed by atoms with Crippen LogP contribution in [-0.2, 0) is 11.3 Å². The third-order valence-electron chi connectivity index (χ3n) is 3.06. The molecule has 0 saturated carbocycles. The molecule has 0 fully saturated rings. The van der Waals surface area contributed by atoms with Crippen molar-refractivity contribution in [1.82, 2.24) is 9.97 Å². The number of benzene rings is 1. The molecule has 1 amide bonds. The van der Waals surface area contributed by atoms with Gasteiger partial charge in [0, 0.05) is 24.8 Å². The summed E-state index contributed by atoms with van der Waals surface area (Å²) < 4.78 is 5.14. The van der Waals surface area contributed by atoms with Crippen molar-refractivity contribution in [3.8, 4) is 0 Å². The summed E-state index contributed by atoms with van der Waals surface area (Å²) >= 11 is 0. The molecule has 0 aliphatic rings. The summed E-state index contributed by atoms with van der Waals surface area (Å²) in [6.45, 7) is 0.286. The minimum absolute atomic E-state index is 0.286. The number of hydrogen-bond acceptors (Lipinski definition) is 5. The van der Waals surface area contributed by atoms with Crippen LogP contribution in [-0.4, -0.2) is 21.8 Å². The quantitative estimate of drug-likeness (QED) is 0.740. The summed E-state index contributed by atoms with van der Waals surface area (Å²) in [5, 5.41) is 0. The Balaban J connectivity index is 0.000000212. The van der Waals surface area contributed by atoms with Crippen molar-refractivity contribution in [2.24, 2.45) is 5.73 Å². The standard InChI is InChI=1S/C13H11NO2.C6H6N2O/c15-13(12-7-4-8-14-9-12)16-10-11-5-2-1-3-6-11;7-6(9)5-2-1-3-8-4-5/h1-9H,10H2;1-4H,(H2,7,9). The highest BCUT2D eigenvalue weighted by molar-refractivity contribution is 5.92. The average molecular weight is 335 g/mol. The molecule has 0 atom stereocenters. The zero-order valence-corrected chi connectivity index (χ0v) is 13.4. The van der Waals surface area contributed by atoms with Crippen molar-refractivity contribution in [3.63, 3.8) is 0 Å². The van der Waals surface area contributed by atoms with E-state index in [0.29, 0.717) is 11.1 Å². The van der Waals surface area contributed by atoms with Crippen LogP contribution in [0.3, 0.4) is 0 Å². The Bertz CT molecular complexity index is 794. The number of carbonyl (C=O) groups excluding carboxylic acids is 2. The smallest absolute Gasteiger partial charge is 0.340 e. The topological polar surface area (TPSA) is 95.2 Å². The van der Waals surface area contributed by atoms with E-state index in [2.05, 4.69) is 9.97 Å². The molecule has 0 unspecified atom stereocenters. The molecular formula is C19H17N3O3. The fourth-order valence-corrected chi connectivity index (χ4v) is 1.80. The number of nitrogens with two attached hydrogens (primary N) is 1. The van der Waals surface area contributed by atoms with E-state index in [1.54, 1.807) is 36.7 Å². The summed E-state index contributed by atoms with van der Waals surface area (Å²) in [6, 6.07) is 16.2. The van der Waals surface area contributed by atoms with Crippen LogP contribution in [0.2, 0.25) is 0 Å². The summed E-state index contributed by atoms with van der Waals surface area (Å²) in [7, 11) is 0. The van der Waals surface area contributed by atoms with E-state index in [4.69, 9.17) is 10.5 Å². The lowest BCUT2D eigenvalue weighted by Gasteiger charge is -2.03. The molecule has 0 aliphatic heterocycles. The molecule has 6 nitrogen and oxygen atoms in total. The predicted molar refractivity (Wildman–Crippen MR) is 92.6 cm³/mol. The zero-order valence-electron chi connectivity index (χ0n) is 13.4. The molecule has 2 aromatic heterocycles. The average Bonchev–Trinajstić information content (AvgIpc) is 2.69. The summed E-state index contributed by atoms with van der Waals surface area (Å²) in [5.74, 6) is -0.792. The molecule has 0 aliphatic carbocycles. The first-order valence-electron chi connectivity index (χ1n) is 7.47. The highest BCUT2D eigenvalue weighted by Gasteiger charge is 2.06. The van der Waals surface area contributed by atoms with Crippen molar-refractivity contribution >= 4 is 11.9 Å². The number of esters is 1. The van der Waals surface area contributed by atoms with E-state index in [1.165, 1.54) is 12.4 Å². The number of nitrogens with zero attached hydrogens (tertiary/aromatic N) is 2. The second kappa shape index (κ2) is 9.57. The number of hydrogen-bond donors (Lipinski definition) is 1. The number of carbonyl (C=O) groups is 2. The summed E-state index contributed by atoms with van der Waals surface area (Å²) in [4.78, 5) is 29.5. The van der Waals surface area contributed by atoms with Gasteiger partial charge in [-0.15, -0.1) is 0 Å². The van der Waals surface area contributed by atoms with Gasteiger partial charge in [0.15, 0.2) is 0 Å². The van der Waals surface area contributed by atoms with Gasteiger partial charge in [-0.3, -0.25) is 14.8 Å². The third kappa shape index (κ3) is 6.23. The SMILES string of the molecule is NC(=O)c1cccnc1.O=C(OCc1ccccc1)c1cccnc1. The lowest BCUT2D eigenvalue weighted by atomic mass is 10.2. The van der Waals surface area contributed by atoms with Crippen LogP contribution >= 0.6 is 0 Å². The van der Waals surface area contributed by atoms with Crippen LogP contribution in [0.25, 0.3) is 0 Å². The van der Waals surface area contributed by atoms with E-state index in [-0.39, 0.29) is 12.6 Å². The molecule has 0 bridgehead atoms. The first kappa shape index (κ1) is 17.8. The van der Waals surface area contributed by atoms with Gasteiger partial charge in [0.2, 0.25) is 5.91 Å². The number of amides is 1. The molecular weight excluding hydrogens is 318 g/mol. The lowest BCUT2D eigenvalue weighted by Crippen LogP contribution is -2.10. The molecule has 0 radical (unpaired) electrons. The van der Waals surface area contributed by atoms with Crippen LogP contribution in [0.15, 0.2) is 79.4 Å². The van der Waals surface area contributed by atoms with Gasteiger partial charge in [-0.25, -0.2) is 4.79 Å². The molecule has 126 valence electrons. The van der Waals surface area contributed by atoms with Crippen molar-refractivity contribution < 1.29 is 14.3 Å². The van der Waals surface area contributed by atoms with Gasteiger partial charge in [-0.05, 0) is 29.8 Å². The Hall–Kier alpha value is -3.54. The molecule has 6 heteroatoms. The van der Waals surface area contributed by atoms with Gasteiger partial charge in [-0.2, -0.15) is 0 Å². The first-order valence-corrected chi connectivity index (χ1v) is 7.47. The molecule has 3 rings (SSSR count). The normalized spacial score (nSPS) is 9.44. The Labute approximate surface area is 145 Å². The van der Waals surface area contributed by atoms with Crippen molar-refractivity contribution in [2.45, 2.75) is 6.61 Å². The third-order valence-corrected chi connectivity index (χ3v) is 3.06. The molecule has 25 heavy (non-hydrogen) atoms. The van der Waals surface area contributed by atoms with Crippen molar-refractivity contribution in [3.05, 3.63) is 96.1 Å². The van der Waals surface area contributed by atoms with Gasteiger partial charge in [0.1, 0.15) is 6.61 Å². The lowest BCUT2D eigenvalue weighted by molar-refractivity contribution is 0.0472. The Morgan fingerprint density at radius 2 is 1.44 bits per heavy atom. The monoisotopic (exact) mass is 335 g/mol. The van der Waals surface area contributed by atoms with Crippen LogP contribution in [0, 0.1) is 0 Å².